The molecule has 130 valence electrons. The molecule has 25 heavy (non-hydrogen) atoms. The first-order chi connectivity index (χ1) is 11.8. The molecular weight excluding hydrogens is 330 g/mol. The van der Waals surface area contributed by atoms with E-state index in [2.05, 4.69) is 10.2 Å². The Bertz CT molecular complexity index is 1120. The van der Waals surface area contributed by atoms with E-state index in [9.17, 15) is 19.2 Å². The van der Waals surface area contributed by atoms with Crippen molar-refractivity contribution in [1.82, 2.24) is 23.9 Å². The van der Waals surface area contributed by atoms with Gasteiger partial charge in [0.25, 0.3) is 11.1 Å². The highest BCUT2D eigenvalue weighted by Gasteiger charge is 2.22. The van der Waals surface area contributed by atoms with Gasteiger partial charge in [0.2, 0.25) is 0 Å². The molecule has 1 N–H and O–H groups in total. The van der Waals surface area contributed by atoms with E-state index in [1.54, 1.807) is 0 Å². The first-order valence-corrected chi connectivity index (χ1v) is 7.26. The number of methoxy groups -OCH3 is 1. The summed E-state index contributed by atoms with van der Waals surface area (Å²) in [6.45, 7) is 0.104. The van der Waals surface area contributed by atoms with Gasteiger partial charge in [0, 0.05) is 38.2 Å². The molecule has 2 aliphatic rings. The molecule has 0 spiro atoms. The van der Waals surface area contributed by atoms with Crippen molar-refractivity contribution in [1.29, 1.82) is 0 Å². The number of pyridine rings is 1. The third kappa shape index (κ3) is 2.67. The van der Waals surface area contributed by atoms with E-state index in [1.165, 1.54) is 48.8 Å². The predicted octanol–water partition coefficient (Wildman–Crippen LogP) is -1.09. The number of H-pyrrole nitrogens is 1. The monoisotopic (exact) mass is 345 g/mol. The number of fused-ring (bicyclic) bond motifs is 1. The minimum Gasteiger partial charge on any atom is -0.465 e. The molecule has 0 saturated carbocycles. The highest BCUT2D eigenvalue weighted by atomic mass is 16.5. The van der Waals surface area contributed by atoms with Gasteiger partial charge in [-0.3, -0.25) is 18.7 Å². The van der Waals surface area contributed by atoms with Crippen LogP contribution in [0.4, 0.5) is 0 Å². The van der Waals surface area contributed by atoms with Crippen LogP contribution in [0.25, 0.3) is 11.3 Å². The molecule has 0 saturated heterocycles. The largest absolute Gasteiger partial charge is 0.465 e. The summed E-state index contributed by atoms with van der Waals surface area (Å²) in [6.07, 6.45) is 2.95. The summed E-state index contributed by atoms with van der Waals surface area (Å²) in [5.41, 5.74) is -0.433. The van der Waals surface area contributed by atoms with Gasteiger partial charge in [0.05, 0.1) is 19.2 Å². The molecule has 0 amide bonds. The first kappa shape index (κ1) is 16.4. The lowest BCUT2D eigenvalue weighted by Gasteiger charge is -2.14. The summed E-state index contributed by atoms with van der Waals surface area (Å²) in [5, 5.41) is 6.12. The number of aromatic nitrogens is 5. The number of hydrogen-bond acceptors (Lipinski definition) is 6. The molecule has 2 aliphatic heterocycles. The van der Waals surface area contributed by atoms with Crippen LogP contribution in [0.3, 0.4) is 0 Å². The second-order valence-electron chi connectivity index (χ2n) is 5.53. The van der Waals surface area contributed by atoms with Crippen LogP contribution in [0.1, 0.15) is 16.1 Å². The van der Waals surface area contributed by atoms with E-state index >= 15 is 0 Å². The minimum atomic E-state index is -0.649. The van der Waals surface area contributed by atoms with E-state index < -0.39 is 22.8 Å². The van der Waals surface area contributed by atoms with Crippen molar-refractivity contribution < 1.29 is 9.53 Å². The predicted molar refractivity (Wildman–Crippen MR) is 86.8 cm³/mol. The summed E-state index contributed by atoms with van der Waals surface area (Å²) in [6, 6.07) is 1.32. The summed E-state index contributed by atoms with van der Waals surface area (Å²) in [4.78, 5) is 47.7. The zero-order valence-electron chi connectivity index (χ0n) is 13.8. The number of hydrogen-bond donors (Lipinski definition) is 1. The van der Waals surface area contributed by atoms with Gasteiger partial charge in [-0.1, -0.05) is 0 Å². The second kappa shape index (κ2) is 5.89. The highest BCUT2D eigenvalue weighted by molar-refractivity contribution is 5.95. The van der Waals surface area contributed by atoms with E-state index in [0.29, 0.717) is 5.69 Å². The fraction of sp³-hybridized carbons (Fsp3) is 0.267. The van der Waals surface area contributed by atoms with Crippen molar-refractivity contribution in [3.05, 3.63) is 60.9 Å². The minimum absolute atomic E-state index is 0.104. The average molecular weight is 345 g/mol. The lowest BCUT2D eigenvalue weighted by molar-refractivity contribution is 0.0600. The number of carbonyl (C=O) groups is 1. The Morgan fingerprint density at radius 1 is 1.20 bits per heavy atom. The van der Waals surface area contributed by atoms with Crippen LogP contribution in [0.5, 0.6) is 0 Å². The molecular formula is C15H15N5O5. The number of nitrogens with one attached hydrogen (secondary N) is 1. The SMILES string of the molecule is COC(=O)c1cn(Cc2cc(=O)n(C)c(=O)n2C)cc2c(=O)[nH]nc1-2. The smallest absolute Gasteiger partial charge is 0.341 e. The van der Waals surface area contributed by atoms with Crippen LogP contribution in [0.2, 0.25) is 0 Å². The summed E-state index contributed by atoms with van der Waals surface area (Å²) < 4.78 is 8.56. The molecule has 1 aromatic rings. The van der Waals surface area contributed by atoms with Gasteiger partial charge in [-0.2, -0.15) is 5.10 Å². The van der Waals surface area contributed by atoms with Crippen LogP contribution >= 0.6 is 0 Å². The third-order valence-electron chi connectivity index (χ3n) is 3.99. The normalized spacial score (nSPS) is 11.0. The number of nitrogens with zero attached hydrogens (tertiary/aromatic N) is 4. The summed E-state index contributed by atoms with van der Waals surface area (Å²) in [5.74, 6) is -0.649. The van der Waals surface area contributed by atoms with Gasteiger partial charge in [0.15, 0.2) is 0 Å². The molecule has 0 aromatic carbocycles. The molecule has 0 unspecified atom stereocenters. The van der Waals surface area contributed by atoms with Crippen molar-refractivity contribution >= 4 is 5.97 Å². The van der Waals surface area contributed by atoms with Gasteiger partial charge in [-0.05, 0) is 0 Å². The number of rotatable bonds is 3. The Kier molecular flexibility index (Phi) is 3.87. The Morgan fingerprint density at radius 2 is 1.92 bits per heavy atom. The fourth-order valence-electron chi connectivity index (χ4n) is 2.56. The topological polar surface area (TPSA) is 121 Å². The van der Waals surface area contributed by atoms with Crippen molar-refractivity contribution in [2.45, 2.75) is 6.54 Å². The molecule has 0 atom stereocenters. The number of esters is 1. The molecule has 0 fully saturated rings. The maximum atomic E-state index is 12.0. The average Bonchev–Trinajstić information content (AvgIpc) is 2.97. The van der Waals surface area contributed by atoms with Crippen molar-refractivity contribution in [3.8, 4) is 11.3 Å². The van der Waals surface area contributed by atoms with Crippen molar-refractivity contribution in [3.63, 3.8) is 0 Å². The van der Waals surface area contributed by atoms with Crippen molar-refractivity contribution in [2.24, 2.45) is 14.1 Å². The van der Waals surface area contributed by atoms with E-state index in [0.717, 1.165) is 4.57 Å². The molecule has 10 heteroatoms. The molecule has 1 aromatic heterocycles. The molecule has 10 nitrogen and oxygen atoms in total. The lowest BCUT2D eigenvalue weighted by Crippen LogP contribution is -2.38. The first-order valence-electron chi connectivity index (χ1n) is 7.26. The molecule has 3 heterocycles. The van der Waals surface area contributed by atoms with Crippen LogP contribution in [-0.4, -0.2) is 37.0 Å². The molecule has 0 radical (unpaired) electrons. The van der Waals surface area contributed by atoms with E-state index in [-0.39, 0.29) is 23.4 Å². The standard InChI is InChI=1S/C15H15N5O5/c1-18-8(4-11(21)19(2)15(18)24)5-20-6-9-12(16-17-13(9)22)10(7-20)14(23)25-3/h4,6-7H,5H2,1-3H3,(H,17,22). The summed E-state index contributed by atoms with van der Waals surface area (Å²) in [7, 11) is 4.15. The van der Waals surface area contributed by atoms with E-state index in [1.807, 2.05) is 0 Å². The lowest BCUT2D eigenvalue weighted by atomic mass is 10.1. The van der Waals surface area contributed by atoms with Crippen LogP contribution in [0.15, 0.2) is 32.8 Å². The third-order valence-corrected chi connectivity index (χ3v) is 3.99. The van der Waals surface area contributed by atoms with Crippen LogP contribution in [-0.2, 0) is 25.4 Å². The van der Waals surface area contributed by atoms with Gasteiger partial charge in [0.1, 0.15) is 11.3 Å². The zero-order chi connectivity index (χ0) is 18.3. The molecule has 3 rings (SSSR count). The molecule has 0 aliphatic carbocycles. The Balaban J connectivity index is 2.18. The Hall–Kier alpha value is -3.43. The van der Waals surface area contributed by atoms with Gasteiger partial charge in [-0.25, -0.2) is 14.7 Å². The fourth-order valence-corrected chi connectivity index (χ4v) is 2.56. The van der Waals surface area contributed by atoms with Crippen LogP contribution in [0, 0.1) is 0 Å². The van der Waals surface area contributed by atoms with Gasteiger partial charge in [-0.15, -0.1) is 0 Å². The van der Waals surface area contributed by atoms with Gasteiger partial charge < -0.3 is 9.30 Å². The quantitative estimate of drug-likeness (QED) is 0.602. The molecule has 0 bridgehead atoms. The zero-order valence-corrected chi connectivity index (χ0v) is 13.8. The Labute approximate surface area is 140 Å². The van der Waals surface area contributed by atoms with Crippen LogP contribution < -0.4 is 16.8 Å². The number of aromatic amines is 1. The van der Waals surface area contributed by atoms with E-state index in [4.69, 9.17) is 4.74 Å². The highest BCUT2D eigenvalue weighted by Crippen LogP contribution is 2.20. The number of ether oxygens (including phenoxy) is 1. The maximum Gasteiger partial charge on any atom is 0.341 e. The maximum absolute atomic E-state index is 12.0. The second-order valence-corrected chi connectivity index (χ2v) is 5.53. The van der Waals surface area contributed by atoms with Crippen molar-refractivity contribution in [2.75, 3.05) is 7.11 Å². The summed E-state index contributed by atoms with van der Waals surface area (Å²) >= 11 is 0. The van der Waals surface area contributed by atoms with Gasteiger partial charge >= 0.3 is 11.7 Å². The number of carbonyl (C=O) groups excluding carboxylic acids is 1. The Morgan fingerprint density at radius 3 is 2.60 bits per heavy atom.